The van der Waals surface area contributed by atoms with Crippen molar-refractivity contribution in [3.05, 3.63) is 41.9 Å². The first-order valence-corrected chi connectivity index (χ1v) is 4.32. The van der Waals surface area contributed by atoms with Crippen molar-refractivity contribution in [2.24, 2.45) is 0 Å². The van der Waals surface area contributed by atoms with Crippen LogP contribution >= 0.6 is 0 Å². The van der Waals surface area contributed by atoms with Crippen LogP contribution in [0.15, 0.2) is 30.5 Å². The quantitative estimate of drug-likeness (QED) is 0.623. The lowest BCUT2D eigenvalue weighted by atomic mass is 10.1. The van der Waals surface area contributed by atoms with E-state index in [-0.39, 0.29) is 5.88 Å². The summed E-state index contributed by atoms with van der Waals surface area (Å²) in [4.78, 5) is 6.73. The van der Waals surface area contributed by atoms with Gasteiger partial charge in [-0.3, -0.25) is 0 Å². The average Bonchev–Trinajstić information content (AvgIpc) is 2.56. The van der Waals surface area contributed by atoms with Crippen LogP contribution in [0.5, 0.6) is 5.88 Å². The second-order valence-corrected chi connectivity index (χ2v) is 3.09. The van der Waals surface area contributed by atoms with Gasteiger partial charge in [0.15, 0.2) is 0 Å². The largest absolute Gasteiger partial charge is 0.493 e. The summed E-state index contributed by atoms with van der Waals surface area (Å²) in [6.45, 7) is 0. The zero-order valence-corrected chi connectivity index (χ0v) is 7.57. The lowest BCUT2D eigenvalue weighted by Gasteiger charge is -2.01. The summed E-state index contributed by atoms with van der Waals surface area (Å²) >= 11 is 0. The Labute approximate surface area is 81.4 Å². The number of H-pyrrole nitrogens is 1. The minimum atomic E-state index is 0.0782. The molecule has 0 bridgehead atoms. The maximum absolute atomic E-state index is 9.05. The van der Waals surface area contributed by atoms with Crippen LogP contribution in [0.4, 0.5) is 5.69 Å². The summed E-state index contributed by atoms with van der Waals surface area (Å²) in [5, 5.41) is 9.05. The number of imidazole rings is 1. The van der Waals surface area contributed by atoms with Gasteiger partial charge in [0, 0.05) is 12.1 Å². The van der Waals surface area contributed by atoms with E-state index in [9.17, 15) is 0 Å². The molecule has 2 rings (SSSR count). The highest BCUT2D eigenvalue weighted by atomic mass is 16.3. The molecule has 1 aromatic carbocycles. The second-order valence-electron chi connectivity index (χ2n) is 3.09. The van der Waals surface area contributed by atoms with Crippen LogP contribution in [-0.2, 0) is 6.42 Å². The zero-order chi connectivity index (χ0) is 9.97. The Balaban J connectivity index is 2.23. The van der Waals surface area contributed by atoms with Gasteiger partial charge in [-0.2, -0.15) is 0 Å². The van der Waals surface area contributed by atoms with E-state index in [0.29, 0.717) is 12.2 Å². The molecule has 0 amide bonds. The third-order valence-corrected chi connectivity index (χ3v) is 2.03. The summed E-state index contributed by atoms with van der Waals surface area (Å²) in [6.07, 6.45) is 1.99. The second kappa shape index (κ2) is 3.41. The summed E-state index contributed by atoms with van der Waals surface area (Å²) < 4.78 is 0. The number of aromatic amines is 1. The van der Waals surface area contributed by atoms with Crippen molar-refractivity contribution in [2.75, 3.05) is 5.73 Å². The molecule has 0 unspecified atom stereocenters. The fraction of sp³-hybridized carbons (Fsp3) is 0.100. The molecule has 0 atom stereocenters. The number of nitrogens with one attached hydrogen (secondary N) is 1. The molecule has 0 spiro atoms. The standard InChI is InChI=1S/C10H11N3O/c11-8-4-2-1-3-7(8)5-9-12-6-10(14)13-9/h1-4,6,14H,5,11H2,(H,12,13). The molecule has 2 aromatic rings. The number of nitrogens with two attached hydrogens (primary N) is 1. The Hall–Kier alpha value is -1.97. The fourth-order valence-corrected chi connectivity index (χ4v) is 1.32. The smallest absolute Gasteiger partial charge is 0.208 e. The molecular formula is C10H11N3O. The summed E-state index contributed by atoms with van der Waals surface area (Å²) in [7, 11) is 0. The van der Waals surface area contributed by atoms with Crippen LogP contribution in [0.2, 0.25) is 0 Å². The number of hydrogen-bond donors (Lipinski definition) is 3. The van der Waals surface area contributed by atoms with Crippen molar-refractivity contribution in [2.45, 2.75) is 6.42 Å². The Morgan fingerprint density at radius 3 is 2.79 bits per heavy atom. The van der Waals surface area contributed by atoms with Crippen LogP contribution in [0, 0.1) is 0 Å². The molecule has 0 radical (unpaired) electrons. The van der Waals surface area contributed by atoms with Crippen molar-refractivity contribution in [1.29, 1.82) is 0 Å². The third-order valence-electron chi connectivity index (χ3n) is 2.03. The topological polar surface area (TPSA) is 74.9 Å². The number of aromatic nitrogens is 2. The van der Waals surface area contributed by atoms with Crippen LogP contribution < -0.4 is 5.73 Å². The van der Waals surface area contributed by atoms with E-state index in [2.05, 4.69) is 9.97 Å². The van der Waals surface area contributed by atoms with Gasteiger partial charge in [-0.1, -0.05) is 18.2 Å². The number of benzene rings is 1. The number of hydrogen-bond acceptors (Lipinski definition) is 3. The van der Waals surface area contributed by atoms with E-state index in [1.165, 1.54) is 6.20 Å². The molecule has 0 aliphatic heterocycles. The Morgan fingerprint density at radius 2 is 2.14 bits per heavy atom. The SMILES string of the molecule is Nc1ccccc1Cc1ncc(O)[nH]1. The highest BCUT2D eigenvalue weighted by Gasteiger charge is 2.02. The molecule has 0 aliphatic carbocycles. The number of nitrogen functional groups attached to an aromatic ring is 1. The van der Waals surface area contributed by atoms with Gasteiger partial charge >= 0.3 is 0 Å². The molecule has 14 heavy (non-hydrogen) atoms. The van der Waals surface area contributed by atoms with Gasteiger partial charge in [-0.15, -0.1) is 0 Å². The molecule has 1 aromatic heterocycles. The molecule has 4 N–H and O–H groups in total. The number of aromatic hydroxyl groups is 1. The molecule has 0 aliphatic rings. The highest BCUT2D eigenvalue weighted by Crippen LogP contribution is 2.15. The Morgan fingerprint density at radius 1 is 1.36 bits per heavy atom. The molecule has 1 heterocycles. The van der Waals surface area contributed by atoms with Crippen LogP contribution in [0.3, 0.4) is 0 Å². The third kappa shape index (κ3) is 1.69. The lowest BCUT2D eigenvalue weighted by molar-refractivity contribution is 0.455. The minimum absolute atomic E-state index is 0.0782. The highest BCUT2D eigenvalue weighted by molar-refractivity contribution is 5.47. The van der Waals surface area contributed by atoms with Gasteiger partial charge in [0.05, 0.1) is 6.20 Å². The molecule has 4 nitrogen and oxygen atoms in total. The monoisotopic (exact) mass is 189 g/mol. The minimum Gasteiger partial charge on any atom is -0.493 e. The van der Waals surface area contributed by atoms with E-state index >= 15 is 0 Å². The first-order valence-electron chi connectivity index (χ1n) is 4.32. The van der Waals surface area contributed by atoms with E-state index in [1.807, 2.05) is 24.3 Å². The van der Waals surface area contributed by atoms with Crippen molar-refractivity contribution in [1.82, 2.24) is 9.97 Å². The summed E-state index contributed by atoms with van der Waals surface area (Å²) in [5.74, 6) is 0.787. The summed E-state index contributed by atoms with van der Waals surface area (Å²) in [6, 6.07) is 7.60. The molecule has 72 valence electrons. The molecule has 0 fully saturated rings. The van der Waals surface area contributed by atoms with Gasteiger partial charge in [-0.05, 0) is 11.6 Å². The van der Waals surface area contributed by atoms with Gasteiger partial charge in [0.2, 0.25) is 5.88 Å². The van der Waals surface area contributed by atoms with E-state index in [4.69, 9.17) is 10.8 Å². The lowest BCUT2D eigenvalue weighted by Crippen LogP contribution is -1.96. The number of rotatable bonds is 2. The molecule has 0 saturated carbocycles. The van der Waals surface area contributed by atoms with Crippen LogP contribution in [0.25, 0.3) is 0 Å². The fourth-order valence-electron chi connectivity index (χ4n) is 1.32. The number of anilines is 1. The van der Waals surface area contributed by atoms with Gasteiger partial charge < -0.3 is 15.8 Å². The molecule has 4 heteroatoms. The van der Waals surface area contributed by atoms with Gasteiger partial charge in [0.1, 0.15) is 5.82 Å². The van der Waals surface area contributed by atoms with Crippen molar-refractivity contribution in [3.8, 4) is 5.88 Å². The van der Waals surface area contributed by atoms with Crippen molar-refractivity contribution >= 4 is 5.69 Å². The number of para-hydroxylation sites is 1. The Kier molecular flexibility index (Phi) is 2.10. The van der Waals surface area contributed by atoms with Gasteiger partial charge in [0.25, 0.3) is 0 Å². The first kappa shape index (κ1) is 8.62. The van der Waals surface area contributed by atoms with Crippen LogP contribution in [0.1, 0.15) is 11.4 Å². The Bertz CT molecular complexity index is 436. The maximum Gasteiger partial charge on any atom is 0.208 e. The van der Waals surface area contributed by atoms with E-state index < -0.39 is 0 Å². The predicted molar refractivity (Wildman–Crippen MR) is 53.9 cm³/mol. The summed E-state index contributed by atoms with van der Waals surface area (Å²) in [5.41, 5.74) is 7.51. The van der Waals surface area contributed by atoms with E-state index in [1.54, 1.807) is 0 Å². The van der Waals surface area contributed by atoms with Crippen LogP contribution in [-0.4, -0.2) is 15.1 Å². The van der Waals surface area contributed by atoms with E-state index in [0.717, 1.165) is 11.3 Å². The first-order chi connectivity index (χ1) is 6.75. The molecular weight excluding hydrogens is 178 g/mol. The normalized spacial score (nSPS) is 10.3. The maximum atomic E-state index is 9.05. The van der Waals surface area contributed by atoms with Gasteiger partial charge in [-0.25, -0.2) is 4.98 Å². The van der Waals surface area contributed by atoms with Crippen molar-refractivity contribution < 1.29 is 5.11 Å². The predicted octanol–water partition coefficient (Wildman–Crippen LogP) is 1.29. The molecule has 0 saturated heterocycles. The number of nitrogens with zero attached hydrogens (tertiary/aromatic N) is 1. The zero-order valence-electron chi connectivity index (χ0n) is 7.57. The average molecular weight is 189 g/mol. The van der Waals surface area contributed by atoms with Crippen molar-refractivity contribution in [3.63, 3.8) is 0 Å².